The largest absolute Gasteiger partial charge is 0.368 e. The van der Waals surface area contributed by atoms with Crippen molar-refractivity contribution < 1.29 is 4.79 Å². The van der Waals surface area contributed by atoms with Gasteiger partial charge in [0.1, 0.15) is 5.25 Å². The highest BCUT2D eigenvalue weighted by Crippen LogP contribution is 2.36. The molecule has 0 radical (unpaired) electrons. The molecule has 1 atom stereocenters. The van der Waals surface area contributed by atoms with Gasteiger partial charge in [0.25, 0.3) is 0 Å². The zero-order valence-corrected chi connectivity index (χ0v) is 8.32. The fraction of sp³-hybridized carbons (Fsp3) is 0.111. The number of amides is 1. The van der Waals surface area contributed by atoms with Crippen LogP contribution in [0.4, 0.5) is 0 Å². The lowest BCUT2D eigenvalue weighted by molar-refractivity contribution is -0.116. The zero-order chi connectivity index (χ0) is 9.42. The number of nitrogens with two attached hydrogens (primary N) is 1. The van der Waals surface area contributed by atoms with Crippen LogP contribution in [-0.4, -0.2) is 16.0 Å². The summed E-state index contributed by atoms with van der Waals surface area (Å²) in [5.41, 5.74) is 6.20. The number of carbonyl (C=O) groups is 1. The summed E-state index contributed by atoms with van der Waals surface area (Å²) in [5, 5.41) is -0.354. The summed E-state index contributed by atoms with van der Waals surface area (Å²) in [6.45, 7) is 0. The number of primary amides is 1. The first-order chi connectivity index (χ1) is 6.20. The van der Waals surface area contributed by atoms with Crippen LogP contribution >= 0.6 is 24.0 Å². The van der Waals surface area contributed by atoms with Gasteiger partial charge in [0.2, 0.25) is 5.91 Å². The van der Waals surface area contributed by atoms with Crippen LogP contribution in [-0.2, 0) is 4.79 Å². The quantitative estimate of drug-likeness (QED) is 0.710. The first-order valence-corrected chi connectivity index (χ1v) is 5.08. The Labute approximate surface area is 85.5 Å². The molecule has 1 unspecified atom stereocenters. The fourth-order valence-corrected chi connectivity index (χ4v) is 2.85. The number of hydrogen-bond acceptors (Lipinski definition) is 3. The van der Waals surface area contributed by atoms with Crippen molar-refractivity contribution in [1.29, 1.82) is 0 Å². The molecule has 1 aromatic carbocycles. The predicted octanol–water partition coefficient (Wildman–Crippen LogP) is 1.36. The van der Waals surface area contributed by atoms with Crippen LogP contribution in [0.3, 0.4) is 0 Å². The maximum atomic E-state index is 11.0. The Morgan fingerprint density at radius 2 is 2.15 bits per heavy atom. The molecule has 1 aliphatic rings. The standard InChI is InChI=1S/C9H7NOS2/c10-9(11)8-7(12)5-3-1-2-4-6(5)13-8/h1-4,8H,(H2,10,11). The third kappa shape index (κ3) is 1.36. The zero-order valence-electron chi connectivity index (χ0n) is 6.69. The van der Waals surface area contributed by atoms with Gasteiger partial charge in [-0.2, -0.15) is 0 Å². The van der Waals surface area contributed by atoms with Crippen molar-refractivity contribution in [2.45, 2.75) is 10.1 Å². The molecule has 0 aliphatic carbocycles. The third-order valence-corrected chi connectivity index (χ3v) is 3.81. The highest BCUT2D eigenvalue weighted by Gasteiger charge is 2.31. The van der Waals surface area contributed by atoms with Gasteiger partial charge in [-0.25, -0.2) is 0 Å². The summed E-state index contributed by atoms with van der Waals surface area (Å²) in [6, 6.07) is 7.72. The maximum absolute atomic E-state index is 11.0. The summed E-state index contributed by atoms with van der Waals surface area (Å²) in [7, 11) is 0. The van der Waals surface area contributed by atoms with Crippen LogP contribution in [0.5, 0.6) is 0 Å². The first-order valence-electron chi connectivity index (χ1n) is 3.79. The van der Waals surface area contributed by atoms with E-state index in [0.717, 1.165) is 10.5 Å². The molecule has 0 aromatic heterocycles. The van der Waals surface area contributed by atoms with Crippen molar-refractivity contribution in [2.75, 3.05) is 0 Å². The lowest BCUT2D eigenvalue weighted by Crippen LogP contribution is -2.29. The van der Waals surface area contributed by atoms with Gasteiger partial charge in [-0.1, -0.05) is 30.4 Å². The van der Waals surface area contributed by atoms with Gasteiger partial charge < -0.3 is 5.73 Å². The summed E-state index contributed by atoms with van der Waals surface area (Å²) < 4.78 is 0. The van der Waals surface area contributed by atoms with Crippen molar-refractivity contribution >= 4 is 34.8 Å². The number of fused-ring (bicyclic) bond motifs is 1. The van der Waals surface area contributed by atoms with E-state index < -0.39 is 0 Å². The van der Waals surface area contributed by atoms with Crippen molar-refractivity contribution in [3.63, 3.8) is 0 Å². The van der Waals surface area contributed by atoms with Gasteiger partial charge in [0.05, 0.1) is 0 Å². The summed E-state index contributed by atoms with van der Waals surface area (Å²) in [6.07, 6.45) is 0. The molecule has 0 spiro atoms. The molecule has 1 aliphatic heterocycles. The Hall–Kier alpha value is -0.870. The minimum Gasteiger partial charge on any atom is -0.368 e. The summed E-state index contributed by atoms with van der Waals surface area (Å²) in [4.78, 5) is 12.7. The van der Waals surface area contributed by atoms with E-state index in [-0.39, 0.29) is 11.2 Å². The minimum absolute atomic E-state index is 0.354. The van der Waals surface area contributed by atoms with E-state index in [9.17, 15) is 4.79 Å². The highest BCUT2D eigenvalue weighted by atomic mass is 32.2. The second-order valence-corrected chi connectivity index (χ2v) is 4.35. The molecule has 1 aromatic rings. The van der Waals surface area contributed by atoms with E-state index in [1.165, 1.54) is 11.8 Å². The van der Waals surface area contributed by atoms with Crippen molar-refractivity contribution in [3.05, 3.63) is 29.8 Å². The first kappa shape index (κ1) is 8.72. The summed E-state index contributed by atoms with van der Waals surface area (Å²) >= 11 is 6.59. The van der Waals surface area contributed by atoms with Gasteiger partial charge in [-0.3, -0.25) is 4.79 Å². The lowest BCUT2D eigenvalue weighted by atomic mass is 10.1. The molecular formula is C9H7NOS2. The molecule has 0 saturated heterocycles. The van der Waals surface area contributed by atoms with Crippen molar-refractivity contribution in [3.8, 4) is 0 Å². The number of carbonyl (C=O) groups excluding carboxylic acids is 1. The minimum atomic E-state index is -0.355. The molecular weight excluding hydrogens is 202 g/mol. The van der Waals surface area contributed by atoms with E-state index in [2.05, 4.69) is 0 Å². The lowest BCUT2D eigenvalue weighted by Gasteiger charge is -2.01. The number of thiocarbonyl (C=S) groups is 1. The molecule has 2 N–H and O–H groups in total. The Morgan fingerprint density at radius 1 is 1.46 bits per heavy atom. The van der Waals surface area contributed by atoms with E-state index in [1.54, 1.807) is 0 Å². The second-order valence-electron chi connectivity index (χ2n) is 2.76. The molecule has 4 heteroatoms. The number of hydrogen-bond donors (Lipinski definition) is 1. The number of thioether (sulfide) groups is 1. The molecule has 13 heavy (non-hydrogen) atoms. The molecule has 1 heterocycles. The van der Waals surface area contributed by atoms with Gasteiger partial charge in [0.15, 0.2) is 0 Å². The Kier molecular flexibility index (Phi) is 2.09. The van der Waals surface area contributed by atoms with Gasteiger partial charge >= 0.3 is 0 Å². The highest BCUT2D eigenvalue weighted by molar-refractivity contribution is 8.03. The average Bonchev–Trinajstić information content (AvgIpc) is 2.45. The fourth-order valence-electron chi connectivity index (χ4n) is 1.28. The van der Waals surface area contributed by atoms with Crippen LogP contribution < -0.4 is 5.73 Å². The number of rotatable bonds is 1. The number of benzene rings is 1. The molecule has 2 nitrogen and oxygen atoms in total. The van der Waals surface area contributed by atoms with Gasteiger partial charge in [-0.05, 0) is 6.07 Å². The molecule has 0 bridgehead atoms. The summed E-state index contributed by atoms with van der Waals surface area (Å²) in [5.74, 6) is -0.355. The molecule has 0 fully saturated rings. The molecule has 1 amide bonds. The monoisotopic (exact) mass is 209 g/mol. The maximum Gasteiger partial charge on any atom is 0.236 e. The van der Waals surface area contributed by atoms with E-state index >= 15 is 0 Å². The van der Waals surface area contributed by atoms with Crippen LogP contribution in [0.15, 0.2) is 29.2 Å². The second kappa shape index (κ2) is 3.12. The Balaban J connectivity index is 2.44. The van der Waals surface area contributed by atoms with E-state index in [0.29, 0.717) is 4.86 Å². The predicted molar refractivity (Wildman–Crippen MR) is 57.0 cm³/mol. The van der Waals surface area contributed by atoms with Crippen molar-refractivity contribution in [2.24, 2.45) is 5.73 Å². The average molecular weight is 209 g/mol. The normalized spacial score (nSPS) is 20.0. The molecule has 66 valence electrons. The van der Waals surface area contributed by atoms with Crippen LogP contribution in [0.25, 0.3) is 0 Å². The van der Waals surface area contributed by atoms with E-state index in [1.807, 2.05) is 24.3 Å². The molecule has 0 saturated carbocycles. The van der Waals surface area contributed by atoms with Gasteiger partial charge in [-0.15, -0.1) is 11.8 Å². The van der Waals surface area contributed by atoms with E-state index in [4.69, 9.17) is 18.0 Å². The molecule has 2 rings (SSSR count). The Bertz CT molecular complexity index is 389. The van der Waals surface area contributed by atoms with Crippen LogP contribution in [0, 0.1) is 0 Å². The van der Waals surface area contributed by atoms with Crippen LogP contribution in [0.1, 0.15) is 5.56 Å². The van der Waals surface area contributed by atoms with Gasteiger partial charge in [0, 0.05) is 15.3 Å². The SMILES string of the molecule is NC(=O)C1Sc2ccccc2C1=S. The Morgan fingerprint density at radius 3 is 2.77 bits per heavy atom. The topological polar surface area (TPSA) is 43.1 Å². The van der Waals surface area contributed by atoms with Crippen molar-refractivity contribution in [1.82, 2.24) is 0 Å². The smallest absolute Gasteiger partial charge is 0.236 e. The van der Waals surface area contributed by atoms with Crippen LogP contribution in [0.2, 0.25) is 0 Å². The third-order valence-electron chi connectivity index (χ3n) is 1.89.